The van der Waals surface area contributed by atoms with Crippen LogP contribution in [0.2, 0.25) is 0 Å². The molecule has 2 fully saturated rings. The van der Waals surface area contributed by atoms with Crippen LogP contribution in [-0.2, 0) is 4.74 Å². The molecule has 94 valence electrons. The molecule has 0 bridgehead atoms. The summed E-state index contributed by atoms with van der Waals surface area (Å²) in [7, 11) is 0. The molecule has 0 amide bonds. The third-order valence-corrected chi connectivity index (χ3v) is 4.40. The average Bonchev–Trinajstić information content (AvgIpc) is 2.52. The van der Waals surface area contributed by atoms with Crippen LogP contribution in [0.15, 0.2) is 0 Å². The van der Waals surface area contributed by atoms with Crippen molar-refractivity contribution in [2.75, 3.05) is 6.61 Å². The van der Waals surface area contributed by atoms with Crippen molar-refractivity contribution >= 4 is 0 Å². The number of nitrogens with one attached hydrogen (secondary N) is 1. The highest BCUT2D eigenvalue weighted by molar-refractivity contribution is 4.86. The van der Waals surface area contributed by atoms with Gasteiger partial charge in [-0.2, -0.15) is 0 Å². The van der Waals surface area contributed by atoms with Gasteiger partial charge in [0.15, 0.2) is 0 Å². The van der Waals surface area contributed by atoms with E-state index in [0.29, 0.717) is 17.6 Å². The standard InChI is InChI=1S/C14H27NO/c1-11-13(7-10-16-11)15-12-5-4-8-14(2,3)9-6-12/h11-13,15H,4-10H2,1-3H3. The summed E-state index contributed by atoms with van der Waals surface area (Å²) in [6, 6.07) is 1.34. The molecule has 3 unspecified atom stereocenters. The Morgan fingerprint density at radius 1 is 1.12 bits per heavy atom. The average molecular weight is 225 g/mol. The molecule has 1 saturated carbocycles. The van der Waals surface area contributed by atoms with Crippen LogP contribution in [0, 0.1) is 5.41 Å². The highest BCUT2D eigenvalue weighted by Gasteiger charge is 2.29. The first-order chi connectivity index (χ1) is 7.57. The molecule has 1 saturated heterocycles. The van der Waals surface area contributed by atoms with E-state index >= 15 is 0 Å². The van der Waals surface area contributed by atoms with E-state index in [0.717, 1.165) is 12.6 Å². The molecule has 0 spiro atoms. The first kappa shape index (κ1) is 12.4. The Bertz CT molecular complexity index is 227. The lowest BCUT2D eigenvalue weighted by molar-refractivity contribution is 0.110. The third kappa shape index (κ3) is 3.21. The molecule has 2 heteroatoms. The quantitative estimate of drug-likeness (QED) is 0.729. The van der Waals surface area contributed by atoms with Crippen molar-refractivity contribution < 1.29 is 4.74 Å². The SMILES string of the molecule is CC1OCCC1NC1CCCC(C)(C)CC1. The first-order valence-corrected chi connectivity index (χ1v) is 6.94. The minimum absolute atomic E-state index is 0.413. The maximum absolute atomic E-state index is 5.62. The zero-order chi connectivity index (χ0) is 11.6. The Morgan fingerprint density at radius 2 is 1.94 bits per heavy atom. The summed E-state index contributed by atoms with van der Waals surface area (Å²) in [6.07, 6.45) is 8.45. The Hall–Kier alpha value is -0.0800. The van der Waals surface area contributed by atoms with Crippen LogP contribution in [0.3, 0.4) is 0 Å². The lowest BCUT2D eigenvalue weighted by atomic mass is 9.85. The van der Waals surface area contributed by atoms with Crippen molar-refractivity contribution in [3.63, 3.8) is 0 Å². The van der Waals surface area contributed by atoms with E-state index in [1.807, 2.05) is 0 Å². The van der Waals surface area contributed by atoms with Crippen LogP contribution in [0.5, 0.6) is 0 Å². The lowest BCUT2D eigenvalue weighted by Gasteiger charge is -2.25. The van der Waals surface area contributed by atoms with Gasteiger partial charge in [0.25, 0.3) is 0 Å². The fraction of sp³-hybridized carbons (Fsp3) is 1.00. The van der Waals surface area contributed by atoms with Crippen LogP contribution in [0.4, 0.5) is 0 Å². The minimum Gasteiger partial charge on any atom is -0.377 e. The van der Waals surface area contributed by atoms with Crippen LogP contribution < -0.4 is 5.32 Å². The Balaban J connectivity index is 1.81. The fourth-order valence-electron chi connectivity index (χ4n) is 3.08. The van der Waals surface area contributed by atoms with Gasteiger partial charge in [0.05, 0.1) is 6.10 Å². The summed E-state index contributed by atoms with van der Waals surface area (Å²) < 4.78 is 5.62. The molecule has 16 heavy (non-hydrogen) atoms. The monoisotopic (exact) mass is 225 g/mol. The summed E-state index contributed by atoms with van der Waals surface area (Å²) in [5.74, 6) is 0. The molecule has 0 aromatic rings. The van der Waals surface area contributed by atoms with Crippen LogP contribution in [-0.4, -0.2) is 24.8 Å². The van der Waals surface area contributed by atoms with Gasteiger partial charge < -0.3 is 10.1 Å². The number of rotatable bonds is 2. The molecule has 3 atom stereocenters. The van der Waals surface area contributed by atoms with Gasteiger partial charge in [-0.1, -0.05) is 20.3 Å². The fourth-order valence-corrected chi connectivity index (χ4v) is 3.08. The van der Waals surface area contributed by atoms with E-state index in [9.17, 15) is 0 Å². The third-order valence-electron chi connectivity index (χ3n) is 4.40. The molecule has 1 N–H and O–H groups in total. The summed E-state index contributed by atoms with van der Waals surface area (Å²) in [5, 5.41) is 3.82. The Labute approximate surface area is 100 Å². The van der Waals surface area contributed by atoms with Crippen LogP contribution in [0.1, 0.15) is 59.3 Å². The van der Waals surface area contributed by atoms with Crippen molar-refractivity contribution in [2.45, 2.75) is 77.5 Å². The van der Waals surface area contributed by atoms with E-state index < -0.39 is 0 Å². The molecule has 2 rings (SSSR count). The molecule has 0 aromatic carbocycles. The highest BCUT2D eigenvalue weighted by Crippen LogP contribution is 2.34. The smallest absolute Gasteiger partial charge is 0.0700 e. The molecule has 2 aliphatic rings. The van der Waals surface area contributed by atoms with Gasteiger partial charge in [-0.15, -0.1) is 0 Å². The number of hydrogen-bond acceptors (Lipinski definition) is 2. The summed E-state index contributed by atoms with van der Waals surface area (Å²) >= 11 is 0. The largest absolute Gasteiger partial charge is 0.377 e. The van der Waals surface area contributed by atoms with Crippen molar-refractivity contribution in [3.05, 3.63) is 0 Å². The van der Waals surface area contributed by atoms with E-state index in [2.05, 4.69) is 26.1 Å². The Kier molecular flexibility index (Phi) is 3.91. The molecule has 1 aliphatic carbocycles. The van der Waals surface area contributed by atoms with Crippen molar-refractivity contribution in [1.29, 1.82) is 0 Å². The molecular weight excluding hydrogens is 198 g/mol. The van der Waals surface area contributed by atoms with Gasteiger partial charge in [0.1, 0.15) is 0 Å². The topological polar surface area (TPSA) is 21.3 Å². The number of hydrogen-bond donors (Lipinski definition) is 1. The van der Waals surface area contributed by atoms with E-state index in [4.69, 9.17) is 4.74 Å². The normalized spacial score (nSPS) is 39.6. The maximum atomic E-state index is 5.62. The minimum atomic E-state index is 0.413. The number of ether oxygens (including phenoxy) is 1. The van der Waals surface area contributed by atoms with E-state index in [1.165, 1.54) is 38.5 Å². The van der Waals surface area contributed by atoms with E-state index in [-0.39, 0.29) is 0 Å². The van der Waals surface area contributed by atoms with Crippen LogP contribution >= 0.6 is 0 Å². The maximum Gasteiger partial charge on any atom is 0.0700 e. The van der Waals surface area contributed by atoms with Crippen molar-refractivity contribution in [2.24, 2.45) is 5.41 Å². The molecule has 1 heterocycles. The summed E-state index contributed by atoms with van der Waals surface area (Å²) in [5.41, 5.74) is 0.564. The second-order valence-electron chi connectivity index (χ2n) is 6.43. The molecule has 0 radical (unpaired) electrons. The van der Waals surface area contributed by atoms with E-state index in [1.54, 1.807) is 0 Å². The second kappa shape index (κ2) is 5.05. The first-order valence-electron chi connectivity index (χ1n) is 6.94. The summed E-state index contributed by atoms with van der Waals surface area (Å²) in [4.78, 5) is 0. The predicted octanol–water partition coefficient (Wildman–Crippen LogP) is 3.11. The molecular formula is C14H27NO. The van der Waals surface area contributed by atoms with Gasteiger partial charge >= 0.3 is 0 Å². The van der Waals surface area contributed by atoms with Gasteiger partial charge in [-0.05, 0) is 44.4 Å². The highest BCUT2D eigenvalue weighted by atomic mass is 16.5. The Morgan fingerprint density at radius 3 is 2.62 bits per heavy atom. The lowest BCUT2D eigenvalue weighted by Crippen LogP contribution is -2.41. The zero-order valence-electron chi connectivity index (χ0n) is 11.1. The van der Waals surface area contributed by atoms with Crippen molar-refractivity contribution in [1.82, 2.24) is 5.32 Å². The molecule has 1 aliphatic heterocycles. The van der Waals surface area contributed by atoms with Gasteiger partial charge in [-0.25, -0.2) is 0 Å². The molecule has 2 nitrogen and oxygen atoms in total. The second-order valence-corrected chi connectivity index (χ2v) is 6.43. The summed E-state index contributed by atoms with van der Waals surface area (Å²) in [6.45, 7) is 7.97. The molecule has 0 aromatic heterocycles. The van der Waals surface area contributed by atoms with Gasteiger partial charge in [-0.3, -0.25) is 0 Å². The van der Waals surface area contributed by atoms with Gasteiger partial charge in [0, 0.05) is 18.7 Å². The van der Waals surface area contributed by atoms with Crippen LogP contribution in [0.25, 0.3) is 0 Å². The predicted molar refractivity (Wildman–Crippen MR) is 67.6 cm³/mol. The van der Waals surface area contributed by atoms with Gasteiger partial charge in [0.2, 0.25) is 0 Å². The van der Waals surface area contributed by atoms with Crippen molar-refractivity contribution in [3.8, 4) is 0 Å². The zero-order valence-corrected chi connectivity index (χ0v) is 11.1.